The molecule has 0 saturated carbocycles. The molecule has 0 fully saturated rings. The summed E-state index contributed by atoms with van der Waals surface area (Å²) in [5.41, 5.74) is 2.55. The average Bonchev–Trinajstić information content (AvgIpc) is 2.26. The molecule has 1 aliphatic carbocycles. The number of fused-ring (bicyclic) bond motifs is 2. The van der Waals surface area contributed by atoms with E-state index >= 15 is 0 Å². The van der Waals surface area contributed by atoms with Gasteiger partial charge < -0.3 is 5.32 Å². The Morgan fingerprint density at radius 3 is 3.36 bits per heavy atom. The van der Waals surface area contributed by atoms with Crippen molar-refractivity contribution in [3.63, 3.8) is 0 Å². The predicted octanol–water partition coefficient (Wildman–Crippen LogP) is 0.719. The fraction of sp³-hybridized carbons (Fsp3) is 0.455. The lowest BCUT2D eigenvalue weighted by Crippen LogP contribution is -2.43. The van der Waals surface area contributed by atoms with Gasteiger partial charge >= 0.3 is 0 Å². The zero-order chi connectivity index (χ0) is 9.38. The van der Waals surface area contributed by atoms with Crippen LogP contribution in [0.1, 0.15) is 11.3 Å². The fourth-order valence-electron chi connectivity index (χ4n) is 2.38. The summed E-state index contributed by atoms with van der Waals surface area (Å²) in [5, 5.41) is 3.52. The van der Waals surface area contributed by atoms with Crippen LogP contribution in [0.5, 0.6) is 0 Å². The maximum Gasteiger partial charge on any atom is 0.115 e. The van der Waals surface area contributed by atoms with Crippen molar-refractivity contribution >= 4 is 0 Å². The van der Waals surface area contributed by atoms with Crippen molar-refractivity contribution in [1.29, 1.82) is 0 Å². The maximum absolute atomic E-state index is 4.34. The zero-order valence-electron chi connectivity index (χ0n) is 7.98. The lowest BCUT2D eigenvalue weighted by molar-refractivity contribution is 0.376. The third-order valence-electron chi connectivity index (χ3n) is 3.15. The number of aromatic nitrogens is 2. The molecule has 2 aliphatic rings. The molecule has 1 aromatic rings. The molecule has 72 valence electrons. The number of hydrogen-bond donors (Lipinski definition) is 1. The summed E-state index contributed by atoms with van der Waals surface area (Å²) in [4.78, 5) is 8.42. The third kappa shape index (κ3) is 1.24. The first kappa shape index (κ1) is 8.12. The van der Waals surface area contributed by atoms with E-state index in [9.17, 15) is 0 Å². The average molecular weight is 187 g/mol. The highest BCUT2D eigenvalue weighted by Crippen LogP contribution is 2.26. The fourth-order valence-corrected chi connectivity index (χ4v) is 2.38. The molecule has 1 aromatic heterocycles. The molecule has 0 aromatic carbocycles. The van der Waals surface area contributed by atoms with Gasteiger partial charge in [-0.1, -0.05) is 12.2 Å². The Morgan fingerprint density at radius 2 is 2.36 bits per heavy atom. The van der Waals surface area contributed by atoms with E-state index in [1.165, 1.54) is 11.3 Å². The van der Waals surface area contributed by atoms with Gasteiger partial charge in [-0.2, -0.15) is 0 Å². The van der Waals surface area contributed by atoms with Crippen LogP contribution in [0.25, 0.3) is 0 Å². The van der Waals surface area contributed by atoms with Crippen LogP contribution >= 0.6 is 0 Å². The van der Waals surface area contributed by atoms with E-state index in [0.29, 0.717) is 12.0 Å². The molecule has 1 N–H and O–H groups in total. The number of nitrogens with zero attached hydrogens (tertiary/aromatic N) is 2. The van der Waals surface area contributed by atoms with Gasteiger partial charge in [0.1, 0.15) is 6.33 Å². The lowest BCUT2D eigenvalue weighted by Gasteiger charge is -2.33. The van der Waals surface area contributed by atoms with E-state index in [-0.39, 0.29) is 0 Å². The maximum atomic E-state index is 4.34. The Labute approximate surface area is 83.3 Å². The molecule has 0 spiro atoms. The molecule has 1 aliphatic heterocycles. The molecule has 0 saturated heterocycles. The molecule has 0 bridgehead atoms. The van der Waals surface area contributed by atoms with E-state index in [0.717, 1.165) is 19.4 Å². The van der Waals surface area contributed by atoms with Crippen LogP contribution in [-0.4, -0.2) is 22.6 Å². The molecular weight excluding hydrogens is 174 g/mol. The minimum absolute atomic E-state index is 0.596. The van der Waals surface area contributed by atoms with Gasteiger partial charge in [0.2, 0.25) is 0 Å². The van der Waals surface area contributed by atoms with Gasteiger partial charge in [0, 0.05) is 24.5 Å². The van der Waals surface area contributed by atoms with E-state index in [4.69, 9.17) is 0 Å². The van der Waals surface area contributed by atoms with Gasteiger partial charge in [0.25, 0.3) is 0 Å². The van der Waals surface area contributed by atoms with Gasteiger partial charge in [-0.3, -0.25) is 0 Å². The minimum atomic E-state index is 0.596. The lowest BCUT2D eigenvalue weighted by atomic mass is 9.81. The summed E-state index contributed by atoms with van der Waals surface area (Å²) in [6.07, 6.45) is 10.3. The standard InChI is InChI=1S/C11H13N3/c1-2-8-4-11-9(6-12-7-14-11)5-10(8)13-3-1/h1-2,6-8,10,13H,3-5H2. The predicted molar refractivity (Wildman–Crippen MR) is 53.9 cm³/mol. The first-order valence-electron chi connectivity index (χ1n) is 5.11. The smallest absolute Gasteiger partial charge is 0.115 e. The normalized spacial score (nSPS) is 29.4. The molecular formula is C11H13N3. The van der Waals surface area contributed by atoms with E-state index in [1.54, 1.807) is 6.33 Å². The van der Waals surface area contributed by atoms with Crippen molar-refractivity contribution in [2.24, 2.45) is 5.92 Å². The molecule has 3 rings (SSSR count). The van der Waals surface area contributed by atoms with Crippen molar-refractivity contribution in [3.8, 4) is 0 Å². The molecule has 2 atom stereocenters. The van der Waals surface area contributed by atoms with Crippen molar-refractivity contribution < 1.29 is 0 Å². The minimum Gasteiger partial charge on any atom is -0.310 e. The largest absolute Gasteiger partial charge is 0.310 e. The monoisotopic (exact) mass is 187 g/mol. The quantitative estimate of drug-likeness (QED) is 0.608. The number of nitrogens with one attached hydrogen (secondary N) is 1. The molecule has 3 heteroatoms. The van der Waals surface area contributed by atoms with Crippen LogP contribution in [0.2, 0.25) is 0 Å². The van der Waals surface area contributed by atoms with Crippen LogP contribution in [0.15, 0.2) is 24.7 Å². The molecule has 0 radical (unpaired) electrons. The first-order chi connectivity index (χ1) is 6.93. The van der Waals surface area contributed by atoms with Crippen LogP contribution in [-0.2, 0) is 12.8 Å². The van der Waals surface area contributed by atoms with Crippen molar-refractivity contribution in [2.45, 2.75) is 18.9 Å². The van der Waals surface area contributed by atoms with Crippen LogP contribution in [0.4, 0.5) is 0 Å². The molecule has 14 heavy (non-hydrogen) atoms. The topological polar surface area (TPSA) is 37.8 Å². The van der Waals surface area contributed by atoms with Gasteiger partial charge in [-0.15, -0.1) is 0 Å². The van der Waals surface area contributed by atoms with Gasteiger partial charge in [0.05, 0.1) is 0 Å². The summed E-state index contributed by atoms with van der Waals surface area (Å²) >= 11 is 0. The summed E-state index contributed by atoms with van der Waals surface area (Å²) in [6, 6.07) is 0.596. The Kier molecular flexibility index (Phi) is 1.84. The van der Waals surface area contributed by atoms with Gasteiger partial charge in [-0.25, -0.2) is 9.97 Å². The van der Waals surface area contributed by atoms with Crippen molar-refractivity contribution in [1.82, 2.24) is 15.3 Å². The Morgan fingerprint density at radius 1 is 1.36 bits per heavy atom. The van der Waals surface area contributed by atoms with Crippen molar-refractivity contribution in [2.75, 3.05) is 6.54 Å². The number of hydrogen-bond acceptors (Lipinski definition) is 3. The Balaban J connectivity index is 1.96. The molecule has 2 unspecified atom stereocenters. The van der Waals surface area contributed by atoms with Gasteiger partial charge in [0.15, 0.2) is 0 Å². The number of rotatable bonds is 0. The second-order valence-corrected chi connectivity index (χ2v) is 4.01. The summed E-state index contributed by atoms with van der Waals surface area (Å²) in [6.45, 7) is 1.00. The molecule has 0 amide bonds. The summed E-state index contributed by atoms with van der Waals surface area (Å²) < 4.78 is 0. The molecule has 3 nitrogen and oxygen atoms in total. The zero-order valence-corrected chi connectivity index (χ0v) is 7.98. The second kappa shape index (κ2) is 3.17. The van der Waals surface area contributed by atoms with E-state index in [1.807, 2.05) is 6.20 Å². The van der Waals surface area contributed by atoms with Gasteiger partial charge in [-0.05, 0) is 24.3 Å². The Bertz CT molecular complexity index is 373. The van der Waals surface area contributed by atoms with E-state index in [2.05, 4.69) is 27.4 Å². The highest BCUT2D eigenvalue weighted by molar-refractivity contribution is 5.25. The highest BCUT2D eigenvalue weighted by Gasteiger charge is 2.28. The first-order valence-corrected chi connectivity index (χ1v) is 5.11. The Hall–Kier alpha value is -1.22. The highest BCUT2D eigenvalue weighted by atomic mass is 14.9. The SMILES string of the molecule is C1=CC2Cc3ncncc3CC2NC1. The van der Waals surface area contributed by atoms with Crippen molar-refractivity contribution in [3.05, 3.63) is 35.9 Å². The van der Waals surface area contributed by atoms with Crippen LogP contribution in [0.3, 0.4) is 0 Å². The van der Waals surface area contributed by atoms with Crippen LogP contribution < -0.4 is 5.32 Å². The second-order valence-electron chi connectivity index (χ2n) is 4.01. The van der Waals surface area contributed by atoms with E-state index < -0.39 is 0 Å². The summed E-state index contributed by atoms with van der Waals surface area (Å²) in [7, 11) is 0. The third-order valence-corrected chi connectivity index (χ3v) is 3.15. The van der Waals surface area contributed by atoms with Crippen LogP contribution in [0, 0.1) is 5.92 Å². The molecule has 2 heterocycles. The summed E-state index contributed by atoms with van der Waals surface area (Å²) in [5.74, 6) is 0.631.